The number of aliphatic hydroxyl groups excluding tert-OH is 1. The number of aliphatic carboxylic acids is 1. The molecular weight excluding hydrogens is 450 g/mol. The third-order valence-corrected chi connectivity index (χ3v) is 5.58. The van der Waals surface area contributed by atoms with E-state index in [1.807, 2.05) is 20.1 Å². The average Bonchev–Trinajstić information content (AvgIpc) is 2.73. The van der Waals surface area contributed by atoms with Gasteiger partial charge >= 0.3 is 5.97 Å². The number of hydrogen-bond donors (Lipinski definition) is 7. The Morgan fingerprint density at radius 1 is 0.909 bits per heavy atom. The molecule has 11 nitrogen and oxygen atoms in total. The molecule has 0 aliphatic heterocycles. The number of aliphatic hydroxyl groups is 1. The Labute approximate surface area is 200 Å². The predicted octanol–water partition coefficient (Wildman–Crippen LogP) is -0.838. The summed E-state index contributed by atoms with van der Waals surface area (Å²) in [5, 5.41) is 26.8. The van der Waals surface area contributed by atoms with E-state index in [-0.39, 0.29) is 18.8 Å². The van der Waals surface area contributed by atoms with E-state index in [1.54, 1.807) is 0 Å². The minimum atomic E-state index is -1.39. The first kappa shape index (κ1) is 31.1. The molecule has 0 aliphatic carbocycles. The van der Waals surface area contributed by atoms with Gasteiger partial charge in [0, 0.05) is 0 Å². The molecule has 9 N–H and O–H groups in total. The van der Waals surface area contributed by atoms with Crippen LogP contribution in [0.1, 0.15) is 52.9 Å². The summed E-state index contributed by atoms with van der Waals surface area (Å²) in [7, 11) is 0. The van der Waals surface area contributed by atoms with Crippen LogP contribution in [0, 0.1) is 5.92 Å². The lowest BCUT2D eigenvalue weighted by Crippen LogP contribution is -2.60. The molecule has 0 aromatic carbocycles. The first-order chi connectivity index (χ1) is 15.4. The Balaban J connectivity index is 5.30. The minimum Gasteiger partial charge on any atom is -0.480 e. The maximum atomic E-state index is 12.9. The molecule has 0 aromatic heterocycles. The van der Waals surface area contributed by atoms with Gasteiger partial charge in [0.1, 0.15) is 18.1 Å². The lowest BCUT2D eigenvalue weighted by molar-refractivity contribution is -0.143. The first-order valence-corrected chi connectivity index (χ1v) is 12.6. The van der Waals surface area contributed by atoms with E-state index in [4.69, 9.17) is 11.5 Å². The summed E-state index contributed by atoms with van der Waals surface area (Å²) < 4.78 is 0. The van der Waals surface area contributed by atoms with Crippen molar-refractivity contribution < 1.29 is 29.4 Å². The fraction of sp³-hybridized carbons (Fsp3) is 0.810. The molecule has 5 atom stereocenters. The SMILES string of the molecule is CSCCC(NC(=O)C(NC(=O)C(CC(C)C)NC(=O)C(N)CCCCN)C(C)O)C(=O)O. The fourth-order valence-corrected chi connectivity index (χ4v) is 3.51. The zero-order valence-electron chi connectivity index (χ0n) is 20.0. The number of nitrogens with two attached hydrogens (primary N) is 2. The Morgan fingerprint density at radius 3 is 2.00 bits per heavy atom. The summed E-state index contributed by atoms with van der Waals surface area (Å²) in [6.07, 6.45) is 2.83. The fourth-order valence-electron chi connectivity index (χ4n) is 3.04. The van der Waals surface area contributed by atoms with Crippen molar-refractivity contribution in [3.63, 3.8) is 0 Å². The highest BCUT2D eigenvalue weighted by atomic mass is 32.2. The topological polar surface area (TPSA) is 197 Å². The number of amides is 3. The Kier molecular flexibility index (Phi) is 15.7. The van der Waals surface area contributed by atoms with Gasteiger partial charge in [-0.3, -0.25) is 14.4 Å². The number of hydrogen-bond acceptors (Lipinski definition) is 8. The molecule has 0 radical (unpaired) electrons. The second kappa shape index (κ2) is 16.7. The van der Waals surface area contributed by atoms with Crippen molar-refractivity contribution in [2.75, 3.05) is 18.6 Å². The number of carbonyl (C=O) groups excluding carboxylic acids is 3. The summed E-state index contributed by atoms with van der Waals surface area (Å²) in [6.45, 7) is 5.55. The molecule has 33 heavy (non-hydrogen) atoms. The number of carboxylic acid groups (broad SMARTS) is 1. The third kappa shape index (κ3) is 12.8. The van der Waals surface area contributed by atoms with Crippen molar-refractivity contribution >= 4 is 35.5 Å². The van der Waals surface area contributed by atoms with Gasteiger partial charge in [-0.15, -0.1) is 0 Å². The van der Waals surface area contributed by atoms with Crippen molar-refractivity contribution in [3.8, 4) is 0 Å². The molecule has 0 aromatic rings. The van der Waals surface area contributed by atoms with Crippen LogP contribution in [0.15, 0.2) is 0 Å². The Bertz CT molecular complexity index is 634. The van der Waals surface area contributed by atoms with Gasteiger partial charge in [-0.05, 0) is 57.1 Å². The van der Waals surface area contributed by atoms with E-state index >= 15 is 0 Å². The van der Waals surface area contributed by atoms with E-state index in [2.05, 4.69) is 16.0 Å². The maximum Gasteiger partial charge on any atom is 0.326 e. The smallest absolute Gasteiger partial charge is 0.326 e. The number of rotatable bonds is 17. The van der Waals surface area contributed by atoms with Gasteiger partial charge in [0.05, 0.1) is 12.1 Å². The van der Waals surface area contributed by atoms with Crippen molar-refractivity contribution in [1.82, 2.24) is 16.0 Å². The molecule has 0 spiro atoms. The lowest BCUT2D eigenvalue weighted by Gasteiger charge is -2.27. The van der Waals surface area contributed by atoms with Gasteiger partial charge in [0.15, 0.2) is 0 Å². The predicted molar refractivity (Wildman–Crippen MR) is 128 cm³/mol. The summed E-state index contributed by atoms with van der Waals surface area (Å²) in [6, 6.07) is -4.32. The molecule has 0 aliphatic rings. The zero-order valence-corrected chi connectivity index (χ0v) is 20.8. The second-order valence-electron chi connectivity index (χ2n) is 8.49. The van der Waals surface area contributed by atoms with Crippen LogP contribution in [0.2, 0.25) is 0 Å². The van der Waals surface area contributed by atoms with Crippen molar-refractivity contribution in [3.05, 3.63) is 0 Å². The van der Waals surface area contributed by atoms with Gasteiger partial charge in [-0.2, -0.15) is 11.8 Å². The van der Waals surface area contributed by atoms with Crippen molar-refractivity contribution in [1.29, 1.82) is 0 Å². The van der Waals surface area contributed by atoms with E-state index in [0.717, 1.165) is 6.42 Å². The normalized spacial score (nSPS) is 15.8. The molecule has 0 bridgehead atoms. The van der Waals surface area contributed by atoms with Gasteiger partial charge in [-0.1, -0.05) is 20.3 Å². The standard InChI is InChI=1S/C21H41N5O6S/c1-12(2)11-16(25-18(28)14(23)7-5-6-9-22)19(29)26-17(13(3)27)20(30)24-15(21(31)32)8-10-33-4/h12-17,27H,5-11,22-23H2,1-4H3,(H,24,30)(H,25,28)(H,26,29)(H,31,32). The number of nitrogens with one attached hydrogen (secondary N) is 3. The molecule has 3 amide bonds. The number of thioether (sulfide) groups is 1. The van der Waals surface area contributed by atoms with Crippen LogP contribution >= 0.6 is 11.8 Å². The summed E-state index contributed by atoms with van der Waals surface area (Å²) in [4.78, 5) is 49.4. The highest BCUT2D eigenvalue weighted by Crippen LogP contribution is 2.08. The highest BCUT2D eigenvalue weighted by Gasteiger charge is 2.32. The van der Waals surface area contributed by atoms with Crippen LogP contribution < -0.4 is 27.4 Å². The summed E-state index contributed by atoms with van der Waals surface area (Å²) in [5.41, 5.74) is 11.4. The maximum absolute atomic E-state index is 12.9. The van der Waals surface area contributed by atoms with E-state index in [0.29, 0.717) is 25.1 Å². The van der Waals surface area contributed by atoms with E-state index in [9.17, 15) is 29.4 Å². The number of carbonyl (C=O) groups is 4. The lowest BCUT2D eigenvalue weighted by atomic mass is 10.0. The second-order valence-corrected chi connectivity index (χ2v) is 9.48. The largest absolute Gasteiger partial charge is 0.480 e. The van der Waals surface area contributed by atoms with Crippen LogP contribution in [-0.2, 0) is 19.2 Å². The molecule has 5 unspecified atom stereocenters. The van der Waals surface area contributed by atoms with Crippen LogP contribution in [0.3, 0.4) is 0 Å². The van der Waals surface area contributed by atoms with Gasteiger partial charge in [0.2, 0.25) is 17.7 Å². The molecule has 0 saturated carbocycles. The van der Waals surface area contributed by atoms with Crippen molar-refractivity contribution in [2.45, 2.75) is 83.1 Å². The third-order valence-electron chi connectivity index (χ3n) is 4.93. The first-order valence-electron chi connectivity index (χ1n) is 11.2. The average molecular weight is 492 g/mol. The zero-order chi connectivity index (χ0) is 25.6. The summed E-state index contributed by atoms with van der Waals surface area (Å²) >= 11 is 1.43. The minimum absolute atomic E-state index is 0.0382. The Morgan fingerprint density at radius 2 is 1.52 bits per heavy atom. The molecule has 12 heteroatoms. The van der Waals surface area contributed by atoms with Crippen molar-refractivity contribution in [2.24, 2.45) is 17.4 Å². The Hall–Kier alpha value is -1.89. The van der Waals surface area contributed by atoms with Crippen LogP contribution in [-0.4, -0.2) is 82.7 Å². The monoisotopic (exact) mass is 491 g/mol. The molecule has 192 valence electrons. The van der Waals surface area contributed by atoms with Crippen LogP contribution in [0.5, 0.6) is 0 Å². The van der Waals surface area contributed by atoms with Crippen LogP contribution in [0.4, 0.5) is 0 Å². The van der Waals surface area contributed by atoms with Gasteiger partial charge < -0.3 is 37.6 Å². The number of carboxylic acids is 1. The van der Waals surface area contributed by atoms with Gasteiger partial charge in [-0.25, -0.2) is 4.79 Å². The van der Waals surface area contributed by atoms with Gasteiger partial charge in [0.25, 0.3) is 0 Å². The molecule has 0 fully saturated rings. The quantitative estimate of drug-likeness (QED) is 0.127. The highest BCUT2D eigenvalue weighted by molar-refractivity contribution is 7.98. The summed E-state index contributed by atoms with van der Waals surface area (Å²) in [5.74, 6) is -2.63. The molecule has 0 rings (SSSR count). The number of unbranched alkanes of at least 4 members (excludes halogenated alkanes) is 1. The van der Waals surface area contributed by atoms with Crippen LogP contribution in [0.25, 0.3) is 0 Å². The molecular formula is C21H41N5O6S. The van der Waals surface area contributed by atoms with E-state index < -0.39 is 54.0 Å². The van der Waals surface area contributed by atoms with E-state index in [1.165, 1.54) is 18.7 Å². The molecule has 0 saturated heterocycles. The molecule has 0 heterocycles.